The molecule has 0 spiro atoms. The van der Waals surface area contributed by atoms with Gasteiger partial charge in [-0.2, -0.15) is 25.9 Å². The van der Waals surface area contributed by atoms with Gasteiger partial charge in [-0.25, -0.2) is 0 Å². The van der Waals surface area contributed by atoms with Crippen LogP contribution >= 0.6 is 0 Å². The fraction of sp³-hybridized carbons (Fsp3) is 0.333. The van der Waals surface area contributed by atoms with Gasteiger partial charge >= 0.3 is 16.4 Å². The van der Waals surface area contributed by atoms with E-state index in [-0.39, 0.29) is 5.69 Å². The van der Waals surface area contributed by atoms with E-state index in [0.717, 1.165) is 22.5 Å². The van der Waals surface area contributed by atoms with Gasteiger partial charge in [0.15, 0.2) is 0 Å². The molecule has 1 rings (SSSR count). The SMILES string of the molecule is CN(C)S(=O)(=O)Nc1ccc(C(F)(F)F)c(N)c1. The molecule has 3 N–H and O–H groups in total. The molecule has 0 fully saturated rings. The molecular formula is C9H12F3N3O2S. The van der Waals surface area contributed by atoms with E-state index in [0.29, 0.717) is 0 Å². The van der Waals surface area contributed by atoms with Crippen LogP contribution in [0.25, 0.3) is 0 Å². The van der Waals surface area contributed by atoms with Crippen LogP contribution in [-0.4, -0.2) is 26.8 Å². The summed E-state index contributed by atoms with van der Waals surface area (Å²) in [6.07, 6.45) is -4.57. The molecule has 1 aromatic carbocycles. The number of nitrogen functional groups attached to an aromatic ring is 1. The highest BCUT2D eigenvalue weighted by Gasteiger charge is 2.32. The Hall–Kier alpha value is -1.48. The zero-order chi connectivity index (χ0) is 14.1. The zero-order valence-electron chi connectivity index (χ0n) is 9.62. The van der Waals surface area contributed by atoms with Gasteiger partial charge in [-0.05, 0) is 18.2 Å². The van der Waals surface area contributed by atoms with Crippen molar-refractivity contribution in [2.45, 2.75) is 6.18 Å². The minimum Gasteiger partial charge on any atom is -0.398 e. The fourth-order valence-corrected chi connectivity index (χ4v) is 1.73. The first kappa shape index (κ1) is 14.6. The quantitative estimate of drug-likeness (QED) is 0.826. The maximum absolute atomic E-state index is 12.4. The van der Waals surface area contributed by atoms with E-state index in [2.05, 4.69) is 4.72 Å². The number of halogens is 3. The van der Waals surface area contributed by atoms with Crippen LogP contribution in [0, 0.1) is 0 Å². The van der Waals surface area contributed by atoms with Crippen molar-refractivity contribution < 1.29 is 21.6 Å². The molecule has 0 aliphatic heterocycles. The van der Waals surface area contributed by atoms with Crippen molar-refractivity contribution in [2.24, 2.45) is 0 Å². The number of rotatable bonds is 3. The van der Waals surface area contributed by atoms with Crippen molar-refractivity contribution in [2.75, 3.05) is 24.6 Å². The molecule has 5 nitrogen and oxygen atoms in total. The predicted molar refractivity (Wildman–Crippen MR) is 62.1 cm³/mol. The summed E-state index contributed by atoms with van der Waals surface area (Å²) in [6, 6.07) is 2.65. The summed E-state index contributed by atoms with van der Waals surface area (Å²) >= 11 is 0. The highest BCUT2D eigenvalue weighted by molar-refractivity contribution is 7.90. The van der Waals surface area contributed by atoms with E-state index in [1.165, 1.54) is 14.1 Å². The minimum atomic E-state index is -4.57. The molecular weight excluding hydrogens is 271 g/mol. The monoisotopic (exact) mass is 283 g/mol. The molecule has 9 heteroatoms. The third-order valence-electron chi connectivity index (χ3n) is 2.08. The van der Waals surface area contributed by atoms with Crippen LogP contribution in [0.4, 0.5) is 24.5 Å². The highest BCUT2D eigenvalue weighted by Crippen LogP contribution is 2.34. The van der Waals surface area contributed by atoms with E-state index >= 15 is 0 Å². The first-order valence-electron chi connectivity index (χ1n) is 4.71. The molecule has 0 amide bonds. The van der Waals surface area contributed by atoms with E-state index in [9.17, 15) is 21.6 Å². The Bertz CT molecular complexity index is 540. The van der Waals surface area contributed by atoms with Crippen LogP contribution in [-0.2, 0) is 16.4 Å². The van der Waals surface area contributed by atoms with Crippen LogP contribution < -0.4 is 10.5 Å². The van der Waals surface area contributed by atoms with Crippen molar-refractivity contribution in [1.82, 2.24) is 4.31 Å². The average molecular weight is 283 g/mol. The van der Waals surface area contributed by atoms with Gasteiger partial charge in [0.05, 0.1) is 11.3 Å². The van der Waals surface area contributed by atoms with Gasteiger partial charge in [0.25, 0.3) is 0 Å². The van der Waals surface area contributed by atoms with E-state index in [1.54, 1.807) is 0 Å². The third-order valence-corrected chi connectivity index (χ3v) is 3.54. The van der Waals surface area contributed by atoms with Crippen molar-refractivity contribution in [3.63, 3.8) is 0 Å². The Balaban J connectivity index is 3.07. The van der Waals surface area contributed by atoms with E-state index in [1.807, 2.05) is 0 Å². The molecule has 18 heavy (non-hydrogen) atoms. The summed E-state index contributed by atoms with van der Waals surface area (Å²) in [5, 5.41) is 0. The van der Waals surface area contributed by atoms with Gasteiger partial charge in [-0.1, -0.05) is 0 Å². The largest absolute Gasteiger partial charge is 0.418 e. The number of anilines is 2. The Labute approximate surface area is 103 Å². The molecule has 0 aliphatic carbocycles. The van der Waals surface area contributed by atoms with Gasteiger partial charge in [0, 0.05) is 19.8 Å². The number of benzene rings is 1. The second-order valence-corrected chi connectivity index (χ2v) is 5.57. The maximum atomic E-state index is 12.4. The molecule has 0 atom stereocenters. The summed E-state index contributed by atoms with van der Waals surface area (Å²) < 4.78 is 63.1. The number of nitrogens with one attached hydrogen (secondary N) is 1. The lowest BCUT2D eigenvalue weighted by molar-refractivity contribution is -0.136. The van der Waals surface area contributed by atoms with Crippen LogP contribution in [0.15, 0.2) is 18.2 Å². The Kier molecular flexibility index (Phi) is 3.77. The molecule has 0 bridgehead atoms. The molecule has 0 unspecified atom stereocenters. The molecule has 0 saturated heterocycles. The summed E-state index contributed by atoms with van der Waals surface area (Å²) in [5.41, 5.74) is 3.66. The Morgan fingerprint density at radius 1 is 1.28 bits per heavy atom. The fourth-order valence-electron chi connectivity index (χ4n) is 1.12. The standard InChI is InChI=1S/C9H12F3N3O2S/c1-15(2)18(16,17)14-6-3-4-7(8(13)5-6)9(10,11)12/h3-5,14H,13H2,1-2H3. The van der Waals surface area contributed by atoms with Crippen molar-refractivity contribution in [1.29, 1.82) is 0 Å². The Morgan fingerprint density at radius 2 is 1.83 bits per heavy atom. The number of nitrogens with zero attached hydrogens (tertiary/aromatic N) is 1. The van der Waals surface area contributed by atoms with Crippen LogP contribution in [0.5, 0.6) is 0 Å². The molecule has 0 saturated carbocycles. The predicted octanol–water partition coefficient (Wildman–Crippen LogP) is 1.51. The smallest absolute Gasteiger partial charge is 0.398 e. The summed E-state index contributed by atoms with van der Waals surface area (Å²) in [7, 11) is -1.19. The second kappa shape index (κ2) is 4.65. The third kappa shape index (κ3) is 3.26. The second-order valence-electron chi connectivity index (χ2n) is 3.69. The number of alkyl halides is 3. The van der Waals surface area contributed by atoms with Crippen molar-refractivity contribution >= 4 is 21.6 Å². The van der Waals surface area contributed by atoms with Gasteiger partial charge in [0.1, 0.15) is 0 Å². The number of nitrogens with two attached hydrogens (primary N) is 1. The van der Waals surface area contributed by atoms with E-state index < -0.39 is 27.6 Å². The van der Waals surface area contributed by atoms with Crippen molar-refractivity contribution in [3.05, 3.63) is 23.8 Å². The topological polar surface area (TPSA) is 75.4 Å². The van der Waals surface area contributed by atoms with Gasteiger partial charge in [-0.15, -0.1) is 0 Å². The maximum Gasteiger partial charge on any atom is 0.418 e. The van der Waals surface area contributed by atoms with Crippen LogP contribution in [0.2, 0.25) is 0 Å². The minimum absolute atomic E-state index is 0.0331. The van der Waals surface area contributed by atoms with Crippen LogP contribution in [0.3, 0.4) is 0 Å². The first-order chi connectivity index (χ1) is 8.04. The molecule has 0 aliphatic rings. The number of hydrogen-bond acceptors (Lipinski definition) is 3. The highest BCUT2D eigenvalue weighted by atomic mass is 32.2. The zero-order valence-corrected chi connectivity index (χ0v) is 10.4. The molecule has 102 valence electrons. The molecule has 1 aromatic rings. The van der Waals surface area contributed by atoms with Crippen LogP contribution in [0.1, 0.15) is 5.56 Å². The Morgan fingerprint density at radius 3 is 2.22 bits per heavy atom. The van der Waals surface area contributed by atoms with Gasteiger partial charge in [-0.3, -0.25) is 4.72 Å². The molecule has 0 heterocycles. The lowest BCUT2D eigenvalue weighted by Crippen LogP contribution is -2.29. The van der Waals surface area contributed by atoms with Crippen molar-refractivity contribution in [3.8, 4) is 0 Å². The normalized spacial score (nSPS) is 12.8. The molecule has 0 aromatic heterocycles. The van der Waals surface area contributed by atoms with Gasteiger partial charge in [0.2, 0.25) is 0 Å². The van der Waals surface area contributed by atoms with Gasteiger partial charge < -0.3 is 5.73 Å². The lowest BCUT2D eigenvalue weighted by Gasteiger charge is -2.15. The summed E-state index contributed by atoms with van der Waals surface area (Å²) in [6.45, 7) is 0. The van der Waals surface area contributed by atoms with E-state index in [4.69, 9.17) is 5.73 Å². The number of hydrogen-bond donors (Lipinski definition) is 2. The average Bonchev–Trinajstić information content (AvgIpc) is 2.14. The molecule has 0 radical (unpaired) electrons. The summed E-state index contributed by atoms with van der Waals surface area (Å²) in [4.78, 5) is 0. The first-order valence-corrected chi connectivity index (χ1v) is 6.15. The summed E-state index contributed by atoms with van der Waals surface area (Å²) in [5.74, 6) is 0. The lowest BCUT2D eigenvalue weighted by atomic mass is 10.1.